The molecule has 0 spiro atoms. The zero-order valence-electron chi connectivity index (χ0n) is 11.9. The molecule has 100 valence electrons. The van der Waals surface area contributed by atoms with Gasteiger partial charge >= 0.3 is 0 Å². The summed E-state index contributed by atoms with van der Waals surface area (Å²) in [6, 6.07) is 5.66. The van der Waals surface area contributed by atoms with Crippen LogP contribution >= 0.6 is 0 Å². The van der Waals surface area contributed by atoms with Crippen molar-refractivity contribution in [3.8, 4) is 5.75 Å². The summed E-state index contributed by atoms with van der Waals surface area (Å²) in [6.45, 7) is 6.58. The zero-order valence-corrected chi connectivity index (χ0v) is 11.9. The fourth-order valence-corrected chi connectivity index (χ4v) is 2.29. The molecule has 19 heavy (non-hydrogen) atoms. The average molecular weight is 256 g/mol. The predicted molar refractivity (Wildman–Crippen MR) is 77.8 cm³/mol. The van der Waals surface area contributed by atoms with Crippen LogP contribution in [-0.4, -0.2) is 13.4 Å². The van der Waals surface area contributed by atoms with Crippen molar-refractivity contribution in [1.82, 2.24) is 0 Å². The van der Waals surface area contributed by atoms with Crippen LogP contribution in [0.15, 0.2) is 42.0 Å². The predicted octanol–water partition coefficient (Wildman–Crippen LogP) is 4.13. The Kier molecular flexibility index (Phi) is 3.61. The number of benzene rings is 1. The van der Waals surface area contributed by atoms with E-state index >= 15 is 0 Å². The molecule has 0 heterocycles. The van der Waals surface area contributed by atoms with Gasteiger partial charge in [-0.3, -0.25) is 4.79 Å². The number of hydrogen-bond acceptors (Lipinski definition) is 2. The van der Waals surface area contributed by atoms with Gasteiger partial charge in [-0.25, -0.2) is 0 Å². The SMILES string of the molecule is COc1ccc(C2C=CC(C(C)(C)C)=C2)c(C=O)c1. The van der Waals surface area contributed by atoms with Crippen molar-refractivity contribution >= 4 is 6.29 Å². The largest absolute Gasteiger partial charge is 0.497 e. The first kappa shape index (κ1) is 13.6. The molecule has 1 aromatic rings. The minimum Gasteiger partial charge on any atom is -0.497 e. The fourth-order valence-electron chi connectivity index (χ4n) is 2.29. The van der Waals surface area contributed by atoms with Crippen LogP contribution in [-0.2, 0) is 0 Å². The Morgan fingerprint density at radius 3 is 2.53 bits per heavy atom. The first-order chi connectivity index (χ1) is 8.95. The Bertz CT molecular complexity index is 545. The summed E-state index contributed by atoms with van der Waals surface area (Å²) < 4.78 is 5.16. The maximum atomic E-state index is 11.2. The van der Waals surface area contributed by atoms with Gasteiger partial charge in [0.05, 0.1) is 7.11 Å². The molecular formula is C17H20O2. The fraction of sp³-hybridized carbons (Fsp3) is 0.353. The van der Waals surface area contributed by atoms with Crippen molar-refractivity contribution < 1.29 is 9.53 Å². The lowest BCUT2D eigenvalue weighted by molar-refractivity contribution is 0.112. The lowest BCUT2D eigenvalue weighted by Crippen LogP contribution is -2.06. The Morgan fingerprint density at radius 2 is 2.00 bits per heavy atom. The van der Waals surface area contributed by atoms with Gasteiger partial charge in [0.25, 0.3) is 0 Å². The number of hydrogen-bond donors (Lipinski definition) is 0. The summed E-state index contributed by atoms with van der Waals surface area (Å²) in [6.07, 6.45) is 7.43. The maximum absolute atomic E-state index is 11.2. The quantitative estimate of drug-likeness (QED) is 0.760. The number of allylic oxidation sites excluding steroid dienone is 4. The van der Waals surface area contributed by atoms with Crippen molar-refractivity contribution in [3.63, 3.8) is 0 Å². The Labute approximate surface area is 114 Å². The summed E-state index contributed by atoms with van der Waals surface area (Å²) in [5.74, 6) is 0.896. The van der Waals surface area contributed by atoms with Crippen molar-refractivity contribution in [2.75, 3.05) is 7.11 Å². The van der Waals surface area contributed by atoms with Crippen molar-refractivity contribution in [2.24, 2.45) is 5.41 Å². The van der Waals surface area contributed by atoms with Crippen LogP contribution in [0.3, 0.4) is 0 Å². The Balaban J connectivity index is 2.37. The highest BCUT2D eigenvalue weighted by atomic mass is 16.5. The van der Waals surface area contributed by atoms with Crippen LogP contribution in [0, 0.1) is 5.41 Å². The molecule has 0 saturated heterocycles. The second-order valence-corrected chi connectivity index (χ2v) is 5.87. The normalized spacial score (nSPS) is 18.3. The summed E-state index contributed by atoms with van der Waals surface area (Å²) in [7, 11) is 1.61. The molecule has 0 saturated carbocycles. The summed E-state index contributed by atoms with van der Waals surface area (Å²) in [5.41, 5.74) is 3.18. The van der Waals surface area contributed by atoms with E-state index in [0.29, 0.717) is 11.3 Å². The second kappa shape index (κ2) is 5.04. The highest BCUT2D eigenvalue weighted by molar-refractivity contribution is 5.79. The molecule has 1 atom stereocenters. The maximum Gasteiger partial charge on any atom is 0.150 e. The number of carbonyl (C=O) groups is 1. The van der Waals surface area contributed by atoms with Gasteiger partial charge in [-0.2, -0.15) is 0 Å². The molecule has 1 aromatic carbocycles. The molecule has 2 rings (SSSR count). The van der Waals surface area contributed by atoms with Crippen molar-refractivity contribution in [3.05, 3.63) is 53.1 Å². The smallest absolute Gasteiger partial charge is 0.150 e. The molecule has 0 amide bonds. The van der Waals surface area contributed by atoms with Gasteiger partial charge in [0.2, 0.25) is 0 Å². The summed E-state index contributed by atoms with van der Waals surface area (Å²) in [4.78, 5) is 11.2. The molecule has 1 unspecified atom stereocenters. The summed E-state index contributed by atoms with van der Waals surface area (Å²) >= 11 is 0. The van der Waals surface area contributed by atoms with Crippen LogP contribution in [0.25, 0.3) is 0 Å². The minimum atomic E-state index is 0.138. The monoisotopic (exact) mass is 256 g/mol. The van der Waals surface area contributed by atoms with E-state index in [1.165, 1.54) is 5.57 Å². The van der Waals surface area contributed by atoms with Crippen LogP contribution in [0.2, 0.25) is 0 Å². The lowest BCUT2D eigenvalue weighted by atomic mass is 9.86. The molecule has 1 aliphatic carbocycles. The highest BCUT2D eigenvalue weighted by Crippen LogP contribution is 2.37. The van der Waals surface area contributed by atoms with E-state index in [1.807, 2.05) is 12.1 Å². The Morgan fingerprint density at radius 1 is 1.26 bits per heavy atom. The number of ether oxygens (including phenoxy) is 1. The molecule has 0 radical (unpaired) electrons. The topological polar surface area (TPSA) is 26.3 Å². The molecule has 1 aliphatic rings. The van der Waals surface area contributed by atoms with Crippen LogP contribution in [0.1, 0.15) is 42.6 Å². The first-order valence-electron chi connectivity index (χ1n) is 6.49. The van der Waals surface area contributed by atoms with Gasteiger partial charge in [-0.1, -0.05) is 45.1 Å². The molecule has 2 heteroatoms. The third-order valence-corrected chi connectivity index (χ3v) is 3.49. The summed E-state index contributed by atoms with van der Waals surface area (Å²) in [5, 5.41) is 0. The second-order valence-electron chi connectivity index (χ2n) is 5.87. The molecule has 0 aromatic heterocycles. The third kappa shape index (κ3) is 2.78. The molecule has 2 nitrogen and oxygen atoms in total. The van der Waals surface area contributed by atoms with E-state index in [9.17, 15) is 4.79 Å². The first-order valence-corrected chi connectivity index (χ1v) is 6.49. The van der Waals surface area contributed by atoms with Gasteiger partial charge in [-0.15, -0.1) is 0 Å². The number of methoxy groups -OCH3 is 1. The van der Waals surface area contributed by atoms with Gasteiger partial charge < -0.3 is 4.74 Å². The average Bonchev–Trinajstić information content (AvgIpc) is 2.87. The Hall–Kier alpha value is -1.83. The number of aldehydes is 1. The van der Waals surface area contributed by atoms with E-state index in [1.54, 1.807) is 13.2 Å². The van der Waals surface area contributed by atoms with Gasteiger partial charge in [0.15, 0.2) is 0 Å². The molecule has 0 aliphatic heterocycles. The van der Waals surface area contributed by atoms with Gasteiger partial charge in [-0.05, 0) is 28.7 Å². The molecule has 0 N–H and O–H groups in total. The van der Waals surface area contributed by atoms with E-state index in [2.05, 4.69) is 39.0 Å². The molecule has 0 fully saturated rings. The zero-order chi connectivity index (χ0) is 14.0. The molecule has 0 bridgehead atoms. The minimum absolute atomic E-state index is 0.138. The van der Waals surface area contributed by atoms with Crippen molar-refractivity contribution in [2.45, 2.75) is 26.7 Å². The van der Waals surface area contributed by atoms with Gasteiger partial charge in [0, 0.05) is 11.5 Å². The third-order valence-electron chi connectivity index (χ3n) is 3.49. The van der Waals surface area contributed by atoms with Crippen LogP contribution in [0.4, 0.5) is 0 Å². The van der Waals surface area contributed by atoms with E-state index in [4.69, 9.17) is 4.74 Å². The number of rotatable bonds is 3. The highest BCUT2D eigenvalue weighted by Gasteiger charge is 2.22. The van der Waals surface area contributed by atoms with Crippen LogP contribution in [0.5, 0.6) is 5.75 Å². The van der Waals surface area contributed by atoms with Crippen LogP contribution < -0.4 is 4.74 Å². The number of carbonyl (C=O) groups excluding carboxylic acids is 1. The van der Waals surface area contributed by atoms with E-state index in [0.717, 1.165) is 11.8 Å². The molecular weight excluding hydrogens is 236 g/mol. The van der Waals surface area contributed by atoms with E-state index < -0.39 is 0 Å². The van der Waals surface area contributed by atoms with E-state index in [-0.39, 0.29) is 11.3 Å². The van der Waals surface area contributed by atoms with Crippen molar-refractivity contribution in [1.29, 1.82) is 0 Å². The van der Waals surface area contributed by atoms with Gasteiger partial charge in [0.1, 0.15) is 12.0 Å². The lowest BCUT2D eigenvalue weighted by Gasteiger charge is -2.19. The standard InChI is InChI=1S/C17H20O2/c1-17(2,3)14-6-5-12(9-14)16-8-7-15(19-4)10-13(16)11-18/h5-12H,1-4H3.